The minimum atomic E-state index is -0.818. The van der Waals surface area contributed by atoms with Gasteiger partial charge in [0.1, 0.15) is 23.0 Å². The van der Waals surface area contributed by atoms with Crippen LogP contribution in [0.25, 0.3) is 0 Å². The van der Waals surface area contributed by atoms with E-state index in [1.807, 2.05) is 15.9 Å². The number of nitriles is 1. The molecule has 2 heterocycles. The van der Waals surface area contributed by atoms with Crippen molar-refractivity contribution < 1.29 is 9.90 Å². The zero-order chi connectivity index (χ0) is 14.7. The number of pyridine rings is 1. The Hall–Kier alpha value is -1.84. The number of anilines is 1. The third kappa shape index (κ3) is 2.84. The molecule has 0 spiro atoms. The van der Waals surface area contributed by atoms with Crippen molar-refractivity contribution >= 4 is 23.4 Å². The van der Waals surface area contributed by atoms with E-state index in [2.05, 4.69) is 4.98 Å². The fourth-order valence-corrected chi connectivity index (χ4v) is 2.49. The zero-order valence-electron chi connectivity index (χ0n) is 11.1. The number of carboxylic acids is 1. The largest absolute Gasteiger partial charge is 0.480 e. The van der Waals surface area contributed by atoms with Crippen LogP contribution >= 0.6 is 11.6 Å². The molecule has 1 aliphatic rings. The number of aliphatic carboxylic acids is 1. The van der Waals surface area contributed by atoms with Crippen molar-refractivity contribution in [2.24, 2.45) is 0 Å². The molecule has 1 aromatic heterocycles. The maximum atomic E-state index is 11.0. The van der Waals surface area contributed by atoms with Gasteiger partial charge in [-0.3, -0.25) is 9.69 Å². The minimum Gasteiger partial charge on any atom is -0.480 e. The van der Waals surface area contributed by atoms with Crippen LogP contribution in [0.2, 0.25) is 5.02 Å². The number of hydrogen-bond donors (Lipinski definition) is 1. The summed E-state index contributed by atoms with van der Waals surface area (Å²) >= 11 is 6.16. The Bertz CT molecular complexity index is 550. The average Bonchev–Trinajstić information content (AvgIpc) is 2.47. The molecular weight excluding hydrogens is 280 g/mol. The molecule has 1 atom stereocenters. The molecule has 0 aromatic carbocycles. The molecule has 2 rings (SSSR count). The monoisotopic (exact) mass is 294 g/mol. The molecule has 106 valence electrons. The molecule has 0 aliphatic carbocycles. The standard InChI is InChI=1S/C13H15ClN4O2/c1-9(13(19)20)17-4-6-18(7-5-17)12-11(14)10(8-15)2-3-16-12/h2-3,9H,4-7H2,1H3,(H,19,20). The van der Waals surface area contributed by atoms with Gasteiger partial charge in [0.25, 0.3) is 0 Å². The lowest BCUT2D eigenvalue weighted by Crippen LogP contribution is -2.52. The maximum absolute atomic E-state index is 11.0. The van der Waals surface area contributed by atoms with Crippen LogP contribution in [-0.2, 0) is 4.79 Å². The molecule has 6 nitrogen and oxygen atoms in total. The van der Waals surface area contributed by atoms with Crippen molar-refractivity contribution in [2.45, 2.75) is 13.0 Å². The third-order valence-electron chi connectivity index (χ3n) is 3.51. The van der Waals surface area contributed by atoms with Gasteiger partial charge in [0, 0.05) is 32.4 Å². The normalized spacial score (nSPS) is 17.6. The van der Waals surface area contributed by atoms with Gasteiger partial charge in [0.2, 0.25) is 0 Å². The van der Waals surface area contributed by atoms with E-state index < -0.39 is 12.0 Å². The Kier molecular flexibility index (Phi) is 4.42. The topological polar surface area (TPSA) is 80.5 Å². The molecule has 1 N–H and O–H groups in total. The molecule has 20 heavy (non-hydrogen) atoms. The van der Waals surface area contributed by atoms with Crippen molar-refractivity contribution in [3.63, 3.8) is 0 Å². The summed E-state index contributed by atoms with van der Waals surface area (Å²) in [6, 6.07) is 3.11. The molecule has 0 radical (unpaired) electrons. The highest BCUT2D eigenvalue weighted by atomic mass is 35.5. The number of piperazine rings is 1. The first kappa shape index (κ1) is 14.6. The second kappa shape index (κ2) is 6.07. The molecule has 1 saturated heterocycles. The van der Waals surface area contributed by atoms with E-state index in [1.165, 1.54) is 0 Å². The molecule has 0 bridgehead atoms. The van der Waals surface area contributed by atoms with Gasteiger partial charge in [-0.2, -0.15) is 5.26 Å². The number of nitrogens with zero attached hydrogens (tertiary/aromatic N) is 4. The summed E-state index contributed by atoms with van der Waals surface area (Å²) < 4.78 is 0. The Morgan fingerprint density at radius 2 is 2.15 bits per heavy atom. The Labute approximate surface area is 122 Å². The first-order chi connectivity index (χ1) is 9.54. The smallest absolute Gasteiger partial charge is 0.320 e. The van der Waals surface area contributed by atoms with E-state index >= 15 is 0 Å². The molecule has 7 heteroatoms. The van der Waals surface area contributed by atoms with E-state index in [0.29, 0.717) is 42.6 Å². The zero-order valence-corrected chi connectivity index (χ0v) is 11.8. The van der Waals surface area contributed by atoms with Crippen LogP contribution in [0.3, 0.4) is 0 Å². The highest BCUT2D eigenvalue weighted by molar-refractivity contribution is 6.34. The fraction of sp³-hybridized carbons (Fsp3) is 0.462. The first-order valence-corrected chi connectivity index (χ1v) is 6.68. The average molecular weight is 295 g/mol. The quantitative estimate of drug-likeness (QED) is 0.902. The second-order valence-corrected chi connectivity index (χ2v) is 5.02. The lowest BCUT2D eigenvalue weighted by molar-refractivity contribution is -0.142. The van der Waals surface area contributed by atoms with Crippen molar-refractivity contribution in [3.05, 3.63) is 22.8 Å². The number of carboxylic acid groups (broad SMARTS) is 1. The van der Waals surface area contributed by atoms with Crippen LogP contribution in [-0.4, -0.2) is 53.2 Å². The van der Waals surface area contributed by atoms with Crippen LogP contribution < -0.4 is 4.90 Å². The van der Waals surface area contributed by atoms with Crippen LogP contribution in [0, 0.1) is 11.3 Å². The lowest BCUT2D eigenvalue weighted by Gasteiger charge is -2.37. The molecule has 1 unspecified atom stereocenters. The number of hydrogen-bond acceptors (Lipinski definition) is 5. The van der Waals surface area contributed by atoms with Gasteiger partial charge in [-0.15, -0.1) is 0 Å². The Morgan fingerprint density at radius 3 is 2.70 bits per heavy atom. The summed E-state index contributed by atoms with van der Waals surface area (Å²) in [6.07, 6.45) is 1.56. The van der Waals surface area contributed by atoms with Crippen LogP contribution in [0.1, 0.15) is 12.5 Å². The molecule has 1 aromatic rings. The summed E-state index contributed by atoms with van der Waals surface area (Å²) in [5, 5.41) is 18.3. The maximum Gasteiger partial charge on any atom is 0.320 e. The van der Waals surface area contributed by atoms with Crippen molar-refractivity contribution in [1.82, 2.24) is 9.88 Å². The molecule has 1 fully saturated rings. The minimum absolute atomic E-state index is 0.356. The Morgan fingerprint density at radius 1 is 1.50 bits per heavy atom. The predicted molar refractivity (Wildman–Crippen MR) is 74.8 cm³/mol. The summed E-state index contributed by atoms with van der Waals surface area (Å²) in [7, 11) is 0. The van der Waals surface area contributed by atoms with E-state index in [9.17, 15) is 4.79 Å². The van der Waals surface area contributed by atoms with Crippen LogP contribution in [0.5, 0.6) is 0 Å². The van der Waals surface area contributed by atoms with Crippen molar-refractivity contribution in [3.8, 4) is 6.07 Å². The second-order valence-electron chi connectivity index (χ2n) is 4.65. The fourth-order valence-electron chi connectivity index (χ4n) is 2.22. The SMILES string of the molecule is CC(C(=O)O)N1CCN(c2nccc(C#N)c2Cl)CC1. The predicted octanol–water partition coefficient (Wildman–Crippen LogP) is 1.20. The molecular formula is C13H15ClN4O2. The van der Waals surface area contributed by atoms with Crippen molar-refractivity contribution in [1.29, 1.82) is 5.26 Å². The van der Waals surface area contributed by atoms with Gasteiger partial charge >= 0.3 is 5.97 Å². The first-order valence-electron chi connectivity index (χ1n) is 6.31. The lowest BCUT2D eigenvalue weighted by atomic mass is 10.2. The van der Waals surface area contributed by atoms with Gasteiger partial charge in [0.05, 0.1) is 5.56 Å². The highest BCUT2D eigenvalue weighted by Gasteiger charge is 2.26. The Balaban J connectivity index is 2.08. The summed E-state index contributed by atoms with van der Waals surface area (Å²) in [5.41, 5.74) is 0.401. The highest BCUT2D eigenvalue weighted by Crippen LogP contribution is 2.27. The summed E-state index contributed by atoms with van der Waals surface area (Å²) in [6.45, 7) is 4.21. The van der Waals surface area contributed by atoms with Gasteiger partial charge in [-0.25, -0.2) is 4.98 Å². The van der Waals surface area contributed by atoms with Gasteiger partial charge in [0.15, 0.2) is 0 Å². The summed E-state index contributed by atoms with van der Waals surface area (Å²) in [5.74, 6) is -0.227. The van der Waals surface area contributed by atoms with Crippen LogP contribution in [0.4, 0.5) is 5.82 Å². The van der Waals surface area contributed by atoms with E-state index in [0.717, 1.165) is 0 Å². The van der Waals surface area contributed by atoms with E-state index in [1.54, 1.807) is 19.2 Å². The summed E-state index contributed by atoms with van der Waals surface area (Å²) in [4.78, 5) is 19.1. The van der Waals surface area contributed by atoms with E-state index in [-0.39, 0.29) is 0 Å². The van der Waals surface area contributed by atoms with Gasteiger partial charge < -0.3 is 10.0 Å². The van der Waals surface area contributed by atoms with E-state index in [4.69, 9.17) is 22.0 Å². The third-order valence-corrected chi connectivity index (χ3v) is 3.88. The van der Waals surface area contributed by atoms with Gasteiger partial charge in [-0.05, 0) is 13.0 Å². The molecule has 0 amide bonds. The molecule has 1 aliphatic heterocycles. The molecule has 0 saturated carbocycles. The van der Waals surface area contributed by atoms with Crippen molar-refractivity contribution in [2.75, 3.05) is 31.1 Å². The number of halogens is 1. The van der Waals surface area contributed by atoms with Gasteiger partial charge in [-0.1, -0.05) is 11.6 Å². The number of rotatable bonds is 3. The number of carbonyl (C=O) groups is 1. The number of aromatic nitrogens is 1. The van der Waals surface area contributed by atoms with Crippen LogP contribution in [0.15, 0.2) is 12.3 Å².